The van der Waals surface area contributed by atoms with Crippen molar-refractivity contribution in [2.45, 2.75) is 52.7 Å². The van der Waals surface area contributed by atoms with E-state index in [2.05, 4.69) is 26.6 Å². The molecule has 1 saturated heterocycles. The van der Waals surface area contributed by atoms with Gasteiger partial charge in [0.05, 0.1) is 27.3 Å². The molecule has 1 atom stereocenters. The number of aromatic nitrogens is 2. The van der Waals surface area contributed by atoms with Gasteiger partial charge in [0.15, 0.2) is 5.65 Å². The molecule has 1 aliphatic rings. The molecule has 0 aliphatic carbocycles. The third-order valence-corrected chi connectivity index (χ3v) is 7.83. The van der Waals surface area contributed by atoms with Crippen LogP contribution in [0.1, 0.15) is 50.0 Å². The summed E-state index contributed by atoms with van der Waals surface area (Å²) in [6.45, 7) is 5.54. The van der Waals surface area contributed by atoms with Crippen LogP contribution in [0, 0.1) is 0 Å². The molecular formula is C32H37BrClN5O3. The summed E-state index contributed by atoms with van der Waals surface area (Å²) in [6.07, 6.45) is 6.33. The fraction of sp³-hybridized carbons (Fsp3) is 0.344. The van der Waals surface area contributed by atoms with Crippen molar-refractivity contribution in [3.05, 3.63) is 87.6 Å². The first-order valence-corrected chi connectivity index (χ1v) is 15.0. The molecule has 10 heteroatoms. The topological polar surface area (TPSA) is 88.0 Å². The van der Waals surface area contributed by atoms with E-state index in [9.17, 15) is 9.59 Å². The summed E-state index contributed by atoms with van der Waals surface area (Å²) in [4.78, 5) is 32.6. The van der Waals surface area contributed by atoms with Gasteiger partial charge in [-0.1, -0.05) is 43.3 Å². The molecule has 0 unspecified atom stereocenters. The Labute approximate surface area is 260 Å². The van der Waals surface area contributed by atoms with E-state index in [0.29, 0.717) is 42.4 Å². The van der Waals surface area contributed by atoms with Crippen LogP contribution < -0.4 is 15.4 Å². The minimum absolute atomic E-state index is 0. The van der Waals surface area contributed by atoms with E-state index in [1.165, 1.54) is 0 Å². The Morgan fingerprint density at radius 2 is 1.95 bits per heavy atom. The number of pyridine rings is 1. The maximum atomic E-state index is 13.3. The Morgan fingerprint density at radius 1 is 1.17 bits per heavy atom. The molecular weight excluding hydrogens is 618 g/mol. The molecule has 42 heavy (non-hydrogen) atoms. The first-order chi connectivity index (χ1) is 19.8. The van der Waals surface area contributed by atoms with Crippen molar-refractivity contribution in [1.82, 2.24) is 24.9 Å². The highest BCUT2D eigenvalue weighted by molar-refractivity contribution is 9.10. The molecule has 0 spiro atoms. The van der Waals surface area contributed by atoms with Crippen molar-refractivity contribution in [3.8, 4) is 17.0 Å². The van der Waals surface area contributed by atoms with Crippen molar-refractivity contribution in [2.24, 2.45) is 0 Å². The highest BCUT2D eigenvalue weighted by Gasteiger charge is 2.23. The van der Waals surface area contributed by atoms with Crippen LogP contribution in [0.2, 0.25) is 5.02 Å². The van der Waals surface area contributed by atoms with E-state index in [1.54, 1.807) is 23.1 Å². The average molecular weight is 655 g/mol. The van der Waals surface area contributed by atoms with E-state index in [0.717, 1.165) is 39.8 Å². The van der Waals surface area contributed by atoms with Crippen molar-refractivity contribution in [3.63, 3.8) is 0 Å². The summed E-state index contributed by atoms with van der Waals surface area (Å²) in [5.41, 5.74) is 4.20. The van der Waals surface area contributed by atoms with Crippen molar-refractivity contribution >= 4 is 45.1 Å². The number of amides is 3. The van der Waals surface area contributed by atoms with Gasteiger partial charge in [-0.3, -0.25) is 4.79 Å². The number of benzene rings is 2. The Bertz CT molecular complexity index is 1540. The van der Waals surface area contributed by atoms with E-state index in [-0.39, 0.29) is 31.5 Å². The number of carbonyl (C=O) groups excluding carboxylic acids is 2. The molecule has 0 bridgehead atoms. The van der Waals surface area contributed by atoms with Gasteiger partial charge in [0.2, 0.25) is 0 Å². The number of rotatable bonds is 9. The predicted molar refractivity (Wildman–Crippen MR) is 171 cm³/mol. The van der Waals surface area contributed by atoms with Crippen molar-refractivity contribution in [2.75, 3.05) is 19.6 Å². The molecule has 3 amide bonds. The third-order valence-electron chi connectivity index (χ3n) is 6.92. The molecule has 0 saturated carbocycles. The van der Waals surface area contributed by atoms with E-state index in [1.807, 2.05) is 67.0 Å². The van der Waals surface area contributed by atoms with Crippen LogP contribution in [0.25, 0.3) is 16.9 Å². The number of urea groups is 1. The van der Waals surface area contributed by atoms with E-state index < -0.39 is 0 Å². The SMILES string of the molecule is C.CC(C)Oc1ccc(C(=O)N[C@@H](Cc2ccc(-c3cn4cccc(Br)c4n3)cc2)CN2CCCCNC2=O)cc1Cl. The van der Waals surface area contributed by atoms with Crippen LogP contribution in [0.5, 0.6) is 5.75 Å². The van der Waals surface area contributed by atoms with Gasteiger partial charge < -0.3 is 24.7 Å². The lowest BCUT2D eigenvalue weighted by Gasteiger charge is -2.27. The minimum atomic E-state index is -0.311. The Hall–Kier alpha value is -3.56. The molecule has 222 valence electrons. The minimum Gasteiger partial charge on any atom is -0.489 e. The van der Waals surface area contributed by atoms with Crippen LogP contribution in [-0.2, 0) is 6.42 Å². The van der Waals surface area contributed by atoms with E-state index in [4.69, 9.17) is 21.3 Å². The van der Waals surface area contributed by atoms with Gasteiger partial charge in [-0.05, 0) is 84.9 Å². The standard InChI is InChI=1S/C31H33BrClN5O3.CH4/c1-20(2)41-28-12-11-23(17-26(28)33)30(39)35-24(18-38-14-4-3-13-34-31(38)40)16-21-7-9-22(10-8-21)27-19-37-15-5-6-25(32)29(37)36-27;/h5-12,15,17,19-20,24H,3-4,13-14,16,18H2,1-2H3,(H,34,40)(H,35,39);1H4/t24-;/m0./s1. The zero-order valence-electron chi connectivity index (χ0n) is 23.1. The predicted octanol–water partition coefficient (Wildman–Crippen LogP) is 6.99. The van der Waals surface area contributed by atoms with Gasteiger partial charge in [0.1, 0.15) is 5.75 Å². The Kier molecular flexibility index (Phi) is 10.5. The second-order valence-corrected chi connectivity index (χ2v) is 11.7. The smallest absolute Gasteiger partial charge is 0.317 e. The van der Waals surface area contributed by atoms with Gasteiger partial charge in [-0.25, -0.2) is 9.78 Å². The molecule has 1 fully saturated rings. The summed E-state index contributed by atoms with van der Waals surface area (Å²) in [5, 5.41) is 6.48. The zero-order chi connectivity index (χ0) is 28.9. The molecule has 1 aliphatic heterocycles. The molecule has 2 aromatic heterocycles. The number of halogens is 2. The highest BCUT2D eigenvalue weighted by atomic mass is 79.9. The molecule has 2 N–H and O–H groups in total. The van der Waals surface area contributed by atoms with Gasteiger partial charge >= 0.3 is 6.03 Å². The van der Waals surface area contributed by atoms with Gasteiger partial charge in [-0.2, -0.15) is 0 Å². The van der Waals surface area contributed by atoms with Crippen LogP contribution in [0.15, 0.2) is 71.5 Å². The van der Waals surface area contributed by atoms with Gasteiger partial charge in [0.25, 0.3) is 5.91 Å². The molecule has 4 aromatic rings. The zero-order valence-corrected chi connectivity index (χ0v) is 25.4. The number of hydrogen-bond donors (Lipinski definition) is 2. The Morgan fingerprint density at radius 3 is 2.67 bits per heavy atom. The number of imidazole rings is 1. The lowest BCUT2D eigenvalue weighted by atomic mass is 10.0. The number of fused-ring (bicyclic) bond motifs is 1. The largest absolute Gasteiger partial charge is 0.489 e. The molecule has 5 rings (SSSR count). The highest BCUT2D eigenvalue weighted by Crippen LogP contribution is 2.27. The number of ether oxygens (including phenoxy) is 1. The quantitative estimate of drug-likeness (QED) is 0.204. The summed E-state index contributed by atoms with van der Waals surface area (Å²) in [6, 6.07) is 16.7. The fourth-order valence-corrected chi connectivity index (χ4v) is 5.58. The second kappa shape index (κ2) is 14.1. The van der Waals surface area contributed by atoms with Crippen molar-refractivity contribution in [1.29, 1.82) is 0 Å². The third kappa shape index (κ3) is 7.63. The molecule has 0 radical (unpaired) electrons. The maximum Gasteiger partial charge on any atom is 0.317 e. The van der Waals surface area contributed by atoms with Crippen LogP contribution in [0.3, 0.4) is 0 Å². The Balaban J connectivity index is 0.00000405. The number of nitrogens with zero attached hydrogens (tertiary/aromatic N) is 3. The summed E-state index contributed by atoms with van der Waals surface area (Å²) >= 11 is 9.96. The maximum absolute atomic E-state index is 13.3. The number of carbonyl (C=O) groups is 2. The average Bonchev–Trinajstić information content (AvgIpc) is 3.29. The summed E-state index contributed by atoms with van der Waals surface area (Å²) < 4.78 is 8.62. The lowest BCUT2D eigenvalue weighted by Crippen LogP contribution is -2.49. The fourth-order valence-electron chi connectivity index (χ4n) is 4.91. The lowest BCUT2D eigenvalue weighted by molar-refractivity contribution is 0.0927. The van der Waals surface area contributed by atoms with E-state index >= 15 is 0 Å². The van der Waals surface area contributed by atoms with Crippen LogP contribution in [0.4, 0.5) is 4.79 Å². The second-order valence-electron chi connectivity index (χ2n) is 10.5. The summed E-state index contributed by atoms with van der Waals surface area (Å²) in [5.74, 6) is 0.282. The van der Waals surface area contributed by atoms with Gasteiger partial charge in [-0.15, -0.1) is 0 Å². The van der Waals surface area contributed by atoms with Crippen LogP contribution >= 0.6 is 27.5 Å². The van der Waals surface area contributed by atoms with Crippen molar-refractivity contribution < 1.29 is 14.3 Å². The summed E-state index contributed by atoms with van der Waals surface area (Å²) in [7, 11) is 0. The molecule has 8 nitrogen and oxygen atoms in total. The number of hydrogen-bond acceptors (Lipinski definition) is 4. The number of nitrogens with one attached hydrogen (secondary N) is 2. The van der Waals surface area contributed by atoms with Crippen LogP contribution in [-0.4, -0.2) is 58.0 Å². The normalized spacial score (nSPS) is 14.2. The monoisotopic (exact) mass is 653 g/mol. The van der Waals surface area contributed by atoms with Gasteiger partial charge in [0, 0.05) is 43.2 Å². The molecule has 3 heterocycles. The molecule has 2 aromatic carbocycles. The first kappa shape index (κ1) is 31.4. The first-order valence-electron chi connectivity index (χ1n) is 13.8.